The minimum atomic E-state index is -4.21. The molecular weight excluding hydrogens is 273 g/mol. The van der Waals surface area contributed by atoms with Gasteiger partial charge < -0.3 is 10.1 Å². The van der Waals surface area contributed by atoms with Crippen molar-refractivity contribution < 1.29 is 22.7 Å². The molecular formula is C13H23F3N2O2. The average molecular weight is 296 g/mol. The number of carbonyl (C=O) groups excluding carboxylic acids is 1. The lowest BCUT2D eigenvalue weighted by Gasteiger charge is -2.36. The number of hydrogen-bond acceptors (Lipinski definition) is 3. The number of hydrogen-bond donors (Lipinski definition) is 1. The van der Waals surface area contributed by atoms with Crippen LogP contribution in [-0.4, -0.2) is 48.4 Å². The Labute approximate surface area is 117 Å². The Morgan fingerprint density at radius 2 is 1.95 bits per heavy atom. The van der Waals surface area contributed by atoms with E-state index in [0.29, 0.717) is 13.0 Å². The molecule has 0 radical (unpaired) electrons. The van der Waals surface area contributed by atoms with Crippen molar-refractivity contribution in [1.82, 2.24) is 10.2 Å². The predicted molar refractivity (Wildman–Crippen MR) is 69.5 cm³/mol. The lowest BCUT2D eigenvalue weighted by molar-refractivity contribution is -0.153. The van der Waals surface area contributed by atoms with E-state index < -0.39 is 24.4 Å². The monoisotopic (exact) mass is 296 g/mol. The van der Waals surface area contributed by atoms with E-state index in [-0.39, 0.29) is 12.6 Å². The molecule has 1 heterocycles. The molecule has 1 aliphatic heterocycles. The predicted octanol–water partition coefficient (Wildman–Crippen LogP) is 2.93. The minimum Gasteiger partial charge on any atom is -0.444 e. The SMILES string of the molecule is CC(C)(C)OC(=O)NCC1CCCCN1CC(F)(F)F. The molecule has 1 atom stereocenters. The average Bonchev–Trinajstić information content (AvgIpc) is 2.23. The van der Waals surface area contributed by atoms with Crippen LogP contribution in [0.4, 0.5) is 18.0 Å². The number of amides is 1. The first-order chi connectivity index (χ1) is 9.07. The number of rotatable bonds is 3. The van der Waals surface area contributed by atoms with E-state index in [1.165, 1.54) is 4.90 Å². The summed E-state index contributed by atoms with van der Waals surface area (Å²) < 4.78 is 42.5. The summed E-state index contributed by atoms with van der Waals surface area (Å²) in [5.41, 5.74) is -0.609. The molecule has 1 N–H and O–H groups in total. The maximum atomic E-state index is 12.5. The smallest absolute Gasteiger partial charge is 0.407 e. The van der Waals surface area contributed by atoms with Gasteiger partial charge in [0.25, 0.3) is 0 Å². The molecule has 20 heavy (non-hydrogen) atoms. The number of nitrogens with one attached hydrogen (secondary N) is 1. The van der Waals surface area contributed by atoms with Gasteiger partial charge in [0, 0.05) is 12.6 Å². The summed E-state index contributed by atoms with van der Waals surface area (Å²) in [6.45, 7) is 4.90. The zero-order valence-corrected chi connectivity index (χ0v) is 12.2. The Morgan fingerprint density at radius 1 is 1.30 bits per heavy atom. The van der Waals surface area contributed by atoms with E-state index in [2.05, 4.69) is 5.32 Å². The van der Waals surface area contributed by atoms with Crippen molar-refractivity contribution in [1.29, 1.82) is 0 Å². The van der Waals surface area contributed by atoms with Gasteiger partial charge in [-0.2, -0.15) is 13.2 Å². The molecule has 0 aromatic heterocycles. The van der Waals surface area contributed by atoms with Gasteiger partial charge >= 0.3 is 12.3 Å². The van der Waals surface area contributed by atoms with Gasteiger partial charge in [0.05, 0.1) is 6.54 Å². The van der Waals surface area contributed by atoms with Gasteiger partial charge in [-0.15, -0.1) is 0 Å². The van der Waals surface area contributed by atoms with Gasteiger partial charge in [0.2, 0.25) is 0 Å². The summed E-state index contributed by atoms with van der Waals surface area (Å²) in [5, 5.41) is 2.55. The van der Waals surface area contributed by atoms with Crippen molar-refractivity contribution >= 4 is 6.09 Å². The normalized spacial score (nSPS) is 21.6. The Kier molecular flexibility index (Phi) is 5.68. The standard InChI is InChI=1S/C13H23F3N2O2/c1-12(2,3)20-11(19)17-8-10-6-4-5-7-18(10)9-13(14,15)16/h10H,4-9H2,1-3H3,(H,17,19). The van der Waals surface area contributed by atoms with E-state index in [0.717, 1.165) is 12.8 Å². The van der Waals surface area contributed by atoms with Crippen molar-refractivity contribution in [3.05, 3.63) is 0 Å². The van der Waals surface area contributed by atoms with Crippen molar-refractivity contribution in [2.75, 3.05) is 19.6 Å². The van der Waals surface area contributed by atoms with Gasteiger partial charge in [-0.05, 0) is 40.2 Å². The summed E-state index contributed by atoms with van der Waals surface area (Å²) in [6.07, 6.45) is -2.49. The highest BCUT2D eigenvalue weighted by Crippen LogP contribution is 2.23. The first kappa shape index (κ1) is 17.1. The van der Waals surface area contributed by atoms with Gasteiger partial charge in [-0.1, -0.05) is 6.42 Å². The van der Waals surface area contributed by atoms with Gasteiger partial charge in [-0.3, -0.25) is 4.90 Å². The highest BCUT2D eigenvalue weighted by Gasteiger charge is 2.35. The summed E-state index contributed by atoms with van der Waals surface area (Å²) in [6, 6.07) is -0.280. The highest BCUT2D eigenvalue weighted by atomic mass is 19.4. The largest absolute Gasteiger partial charge is 0.444 e. The van der Waals surface area contributed by atoms with E-state index in [1.807, 2.05) is 0 Å². The van der Waals surface area contributed by atoms with Crippen LogP contribution in [0.25, 0.3) is 0 Å². The fourth-order valence-electron chi connectivity index (χ4n) is 2.24. The Morgan fingerprint density at radius 3 is 2.50 bits per heavy atom. The van der Waals surface area contributed by atoms with Crippen LogP contribution in [0, 0.1) is 0 Å². The molecule has 1 unspecified atom stereocenters. The Bertz CT molecular complexity index is 327. The van der Waals surface area contributed by atoms with Crippen LogP contribution in [-0.2, 0) is 4.74 Å². The zero-order valence-electron chi connectivity index (χ0n) is 12.2. The number of ether oxygens (including phenoxy) is 1. The lowest BCUT2D eigenvalue weighted by atomic mass is 10.0. The van der Waals surface area contributed by atoms with Crippen LogP contribution in [0.15, 0.2) is 0 Å². The zero-order chi connectivity index (χ0) is 15.4. The van der Waals surface area contributed by atoms with Gasteiger partial charge in [0.15, 0.2) is 0 Å². The van der Waals surface area contributed by atoms with Crippen molar-refractivity contribution in [2.24, 2.45) is 0 Å². The quantitative estimate of drug-likeness (QED) is 0.870. The number of alkyl halides is 3. The van der Waals surface area contributed by atoms with Gasteiger partial charge in [-0.25, -0.2) is 4.79 Å². The van der Waals surface area contributed by atoms with Crippen LogP contribution in [0.1, 0.15) is 40.0 Å². The van der Waals surface area contributed by atoms with Crippen LogP contribution in [0.5, 0.6) is 0 Å². The molecule has 1 fully saturated rings. The topological polar surface area (TPSA) is 41.6 Å². The van der Waals surface area contributed by atoms with Crippen molar-refractivity contribution in [3.63, 3.8) is 0 Å². The molecule has 7 heteroatoms. The van der Waals surface area contributed by atoms with Crippen molar-refractivity contribution in [2.45, 2.75) is 57.9 Å². The number of nitrogens with zero attached hydrogens (tertiary/aromatic N) is 1. The molecule has 0 aromatic rings. The van der Waals surface area contributed by atoms with Crippen LogP contribution >= 0.6 is 0 Å². The fraction of sp³-hybridized carbons (Fsp3) is 0.923. The minimum absolute atomic E-state index is 0.186. The first-order valence-corrected chi connectivity index (χ1v) is 6.84. The highest BCUT2D eigenvalue weighted by molar-refractivity contribution is 5.67. The van der Waals surface area contributed by atoms with E-state index in [1.54, 1.807) is 20.8 Å². The lowest BCUT2D eigenvalue weighted by Crippen LogP contribution is -2.50. The third-order valence-corrected chi connectivity index (χ3v) is 3.01. The molecule has 0 aliphatic carbocycles. The Hall–Kier alpha value is -0.980. The number of alkyl carbamates (subject to hydrolysis) is 1. The van der Waals surface area contributed by atoms with Gasteiger partial charge in [0.1, 0.15) is 5.60 Å². The third-order valence-electron chi connectivity index (χ3n) is 3.01. The molecule has 1 rings (SSSR count). The third kappa shape index (κ3) is 6.98. The summed E-state index contributed by atoms with van der Waals surface area (Å²) in [7, 11) is 0. The molecule has 0 spiro atoms. The molecule has 0 aromatic carbocycles. The van der Waals surface area contributed by atoms with Crippen LogP contribution in [0.2, 0.25) is 0 Å². The van der Waals surface area contributed by atoms with Crippen LogP contribution in [0.3, 0.4) is 0 Å². The second-order valence-electron chi connectivity index (χ2n) is 6.12. The number of halogens is 3. The first-order valence-electron chi connectivity index (χ1n) is 6.84. The van der Waals surface area contributed by atoms with E-state index >= 15 is 0 Å². The molecule has 0 bridgehead atoms. The second kappa shape index (κ2) is 6.65. The second-order valence-corrected chi connectivity index (χ2v) is 6.12. The summed E-state index contributed by atoms with van der Waals surface area (Å²) in [4.78, 5) is 12.9. The molecule has 0 saturated carbocycles. The maximum Gasteiger partial charge on any atom is 0.407 e. The van der Waals surface area contributed by atoms with Crippen molar-refractivity contribution in [3.8, 4) is 0 Å². The number of piperidine rings is 1. The summed E-state index contributed by atoms with van der Waals surface area (Å²) >= 11 is 0. The molecule has 1 amide bonds. The summed E-state index contributed by atoms with van der Waals surface area (Å²) in [5.74, 6) is 0. The molecule has 1 saturated heterocycles. The molecule has 118 valence electrons. The molecule has 1 aliphatic rings. The number of carbonyl (C=O) groups is 1. The number of likely N-dealkylation sites (tertiary alicyclic amines) is 1. The molecule has 4 nitrogen and oxygen atoms in total. The van der Waals surface area contributed by atoms with E-state index in [4.69, 9.17) is 4.74 Å². The van der Waals surface area contributed by atoms with E-state index in [9.17, 15) is 18.0 Å². The Balaban J connectivity index is 2.45. The fourth-order valence-corrected chi connectivity index (χ4v) is 2.24. The maximum absolute atomic E-state index is 12.5. The van der Waals surface area contributed by atoms with Crippen LogP contribution < -0.4 is 5.32 Å².